The molecule has 0 radical (unpaired) electrons. The Hall–Kier alpha value is -2.92. The molecule has 0 bridgehead atoms. The highest BCUT2D eigenvalue weighted by Crippen LogP contribution is 1.90. The summed E-state index contributed by atoms with van der Waals surface area (Å²) in [5, 5.41) is 12.7. The molecule has 0 aromatic heterocycles. The predicted octanol–water partition coefficient (Wildman–Crippen LogP) is 1.60. The van der Waals surface area contributed by atoms with Gasteiger partial charge in [0.15, 0.2) is 0 Å². The molecule has 0 fully saturated rings. The van der Waals surface area contributed by atoms with Crippen LogP contribution >= 0.6 is 0 Å². The van der Waals surface area contributed by atoms with Crippen LogP contribution in [-0.4, -0.2) is 100 Å². The van der Waals surface area contributed by atoms with Gasteiger partial charge in [-0.05, 0) is 0 Å². The molecule has 136 valence electrons. The molecule has 0 aromatic rings. The molecule has 0 aliphatic rings. The third kappa shape index (κ3) is 11.7. The molecule has 0 aliphatic heterocycles. The van der Waals surface area contributed by atoms with E-state index in [-0.39, 0.29) is 0 Å². The van der Waals surface area contributed by atoms with Crippen molar-refractivity contribution in [2.45, 2.75) is 0 Å². The maximum absolute atomic E-state index is 10.8. The fraction of sp³-hybridized carbons (Fsp3) is 0.667. The van der Waals surface area contributed by atoms with Gasteiger partial charge in [0.05, 0.1) is 0 Å². The van der Waals surface area contributed by atoms with Gasteiger partial charge in [0.1, 0.15) is 0 Å². The van der Waals surface area contributed by atoms with Crippen molar-refractivity contribution in [2.24, 2.45) is 20.5 Å². The molecule has 0 unspecified atom stereocenters. The molecular formula is C12H24N8O4. The van der Waals surface area contributed by atoms with Gasteiger partial charge < -0.3 is 19.6 Å². The molecule has 0 aliphatic carbocycles. The van der Waals surface area contributed by atoms with E-state index in [4.69, 9.17) is 0 Å². The van der Waals surface area contributed by atoms with Gasteiger partial charge in [-0.3, -0.25) is 0 Å². The van der Waals surface area contributed by atoms with Crippen LogP contribution in [0.1, 0.15) is 0 Å². The minimum absolute atomic E-state index is 0.551. The van der Waals surface area contributed by atoms with Crippen LogP contribution in [0, 0.1) is 0 Å². The van der Waals surface area contributed by atoms with Crippen LogP contribution in [-0.2, 0) is 0 Å². The minimum atomic E-state index is -0.551. The summed E-state index contributed by atoms with van der Waals surface area (Å²) in [5.41, 5.74) is 0. The summed E-state index contributed by atoms with van der Waals surface area (Å²) >= 11 is 0. The number of urea groups is 4. The lowest BCUT2D eigenvalue weighted by Gasteiger charge is -2.05. The third-order valence-electron chi connectivity index (χ3n) is 1.97. The smallest absolute Gasteiger partial charge is 0.328 e. The van der Waals surface area contributed by atoms with Crippen LogP contribution in [0.25, 0.3) is 0 Å². The molecule has 0 saturated heterocycles. The molecule has 12 nitrogen and oxygen atoms in total. The van der Waals surface area contributed by atoms with Crippen molar-refractivity contribution < 1.29 is 19.2 Å². The van der Waals surface area contributed by atoms with Gasteiger partial charge >= 0.3 is 24.1 Å². The zero-order valence-electron chi connectivity index (χ0n) is 15.2. The zero-order chi connectivity index (χ0) is 19.4. The van der Waals surface area contributed by atoms with E-state index in [1.807, 2.05) is 0 Å². The SMILES string of the molecule is CN(C)C(=O)N=NC(=O)N(C)C.CN(C)C(=O)N=NC(=O)N(C)C. The number of nitrogens with zero attached hydrogens (tertiary/aromatic N) is 8. The topological polar surface area (TPSA) is 131 Å². The Labute approximate surface area is 140 Å². The van der Waals surface area contributed by atoms with Crippen LogP contribution in [0.5, 0.6) is 0 Å². The van der Waals surface area contributed by atoms with Crippen molar-refractivity contribution in [3.8, 4) is 0 Å². The van der Waals surface area contributed by atoms with Gasteiger partial charge in [-0.15, -0.1) is 0 Å². The van der Waals surface area contributed by atoms with E-state index in [1.165, 1.54) is 76.0 Å². The molecule has 8 amide bonds. The van der Waals surface area contributed by atoms with Crippen molar-refractivity contribution in [3.05, 3.63) is 0 Å². The van der Waals surface area contributed by atoms with Crippen molar-refractivity contribution >= 4 is 24.1 Å². The van der Waals surface area contributed by atoms with Crippen molar-refractivity contribution in [1.29, 1.82) is 0 Å². The molecule has 0 N–H and O–H groups in total. The van der Waals surface area contributed by atoms with Gasteiger partial charge in [-0.25, -0.2) is 19.2 Å². The Balaban J connectivity index is 0. The molecule has 0 spiro atoms. The summed E-state index contributed by atoms with van der Waals surface area (Å²) in [6, 6.07) is -2.20. The van der Waals surface area contributed by atoms with Crippen LogP contribution in [0.2, 0.25) is 0 Å². The van der Waals surface area contributed by atoms with Gasteiger partial charge in [0, 0.05) is 56.4 Å². The number of rotatable bonds is 0. The van der Waals surface area contributed by atoms with E-state index in [1.54, 1.807) is 0 Å². The number of hydrogen-bond donors (Lipinski definition) is 0. The first-order chi connectivity index (χ1) is 10.9. The van der Waals surface area contributed by atoms with E-state index >= 15 is 0 Å². The standard InChI is InChI=1S/2C6H12N4O2/c2*1-9(2)5(11)7-8-6(12)10(3)4/h2*1-4H3. The summed E-state index contributed by atoms with van der Waals surface area (Å²) < 4.78 is 0. The third-order valence-corrected chi connectivity index (χ3v) is 1.97. The second-order valence-electron chi connectivity index (χ2n) is 5.11. The van der Waals surface area contributed by atoms with E-state index in [9.17, 15) is 19.2 Å². The fourth-order valence-corrected chi connectivity index (χ4v) is 0.529. The lowest BCUT2D eigenvalue weighted by atomic mass is 10.8. The predicted molar refractivity (Wildman–Crippen MR) is 86.0 cm³/mol. The maximum atomic E-state index is 10.8. The summed E-state index contributed by atoms with van der Waals surface area (Å²) in [6.45, 7) is 0. The Kier molecular flexibility index (Phi) is 11.3. The monoisotopic (exact) mass is 344 g/mol. The Morgan fingerprint density at radius 3 is 0.625 bits per heavy atom. The number of carbonyl (C=O) groups excluding carboxylic acids is 4. The highest BCUT2D eigenvalue weighted by molar-refractivity contribution is 5.79. The minimum Gasteiger partial charge on any atom is -0.328 e. The first kappa shape index (κ1) is 23.3. The summed E-state index contributed by atoms with van der Waals surface area (Å²) in [4.78, 5) is 48.0. The Bertz CT molecular complexity index is 421. The lowest BCUT2D eigenvalue weighted by Crippen LogP contribution is -2.20. The summed E-state index contributed by atoms with van der Waals surface area (Å²) in [6.07, 6.45) is 0. The van der Waals surface area contributed by atoms with E-state index < -0.39 is 24.1 Å². The van der Waals surface area contributed by atoms with Gasteiger partial charge in [-0.1, -0.05) is 20.5 Å². The Morgan fingerprint density at radius 1 is 0.417 bits per heavy atom. The molecule has 0 saturated carbocycles. The zero-order valence-corrected chi connectivity index (χ0v) is 15.2. The normalized spacial score (nSPS) is 10.0. The van der Waals surface area contributed by atoms with Gasteiger partial charge in [0.2, 0.25) is 0 Å². The summed E-state index contributed by atoms with van der Waals surface area (Å²) in [7, 11) is 12.2. The number of azo groups is 2. The maximum Gasteiger partial charge on any atom is 0.361 e. The lowest BCUT2D eigenvalue weighted by molar-refractivity contribution is 0.218. The average molecular weight is 344 g/mol. The van der Waals surface area contributed by atoms with Crippen molar-refractivity contribution in [2.75, 3.05) is 56.4 Å². The van der Waals surface area contributed by atoms with E-state index in [2.05, 4.69) is 20.5 Å². The van der Waals surface area contributed by atoms with Crippen LogP contribution in [0.4, 0.5) is 19.2 Å². The highest BCUT2D eigenvalue weighted by Gasteiger charge is 2.04. The van der Waals surface area contributed by atoms with Crippen LogP contribution in [0.15, 0.2) is 20.5 Å². The number of hydrogen-bond acceptors (Lipinski definition) is 4. The second-order valence-corrected chi connectivity index (χ2v) is 5.11. The number of amides is 8. The Morgan fingerprint density at radius 2 is 0.542 bits per heavy atom. The second kappa shape index (κ2) is 11.6. The molecule has 0 rings (SSSR count). The molecule has 0 heterocycles. The largest absolute Gasteiger partial charge is 0.361 e. The van der Waals surface area contributed by atoms with Crippen molar-refractivity contribution in [1.82, 2.24) is 19.6 Å². The first-order valence-corrected chi connectivity index (χ1v) is 6.58. The molecule has 0 atom stereocenters. The fourth-order valence-electron chi connectivity index (χ4n) is 0.529. The van der Waals surface area contributed by atoms with Crippen LogP contribution in [0.3, 0.4) is 0 Å². The van der Waals surface area contributed by atoms with E-state index in [0.29, 0.717) is 0 Å². The first-order valence-electron chi connectivity index (χ1n) is 6.58. The molecule has 24 heavy (non-hydrogen) atoms. The molecular weight excluding hydrogens is 320 g/mol. The number of carbonyl (C=O) groups is 4. The van der Waals surface area contributed by atoms with Crippen LogP contribution < -0.4 is 0 Å². The average Bonchev–Trinajstić information content (AvgIpc) is 2.49. The molecule has 0 aromatic carbocycles. The summed E-state index contributed by atoms with van der Waals surface area (Å²) in [5.74, 6) is 0. The highest BCUT2D eigenvalue weighted by atomic mass is 16.2. The van der Waals surface area contributed by atoms with Gasteiger partial charge in [-0.2, -0.15) is 0 Å². The van der Waals surface area contributed by atoms with Crippen molar-refractivity contribution in [3.63, 3.8) is 0 Å². The molecule has 12 heteroatoms. The van der Waals surface area contributed by atoms with E-state index in [0.717, 1.165) is 0 Å². The van der Waals surface area contributed by atoms with Gasteiger partial charge in [0.25, 0.3) is 0 Å². The quantitative estimate of drug-likeness (QED) is 0.617.